The van der Waals surface area contributed by atoms with Crippen LogP contribution < -0.4 is 11.0 Å². The summed E-state index contributed by atoms with van der Waals surface area (Å²) < 4.78 is 1.49. The number of aryl methyl sites for hydroxylation is 2. The van der Waals surface area contributed by atoms with Crippen LogP contribution in [0, 0.1) is 6.92 Å². The van der Waals surface area contributed by atoms with Crippen molar-refractivity contribution in [3.8, 4) is 0 Å². The van der Waals surface area contributed by atoms with Crippen molar-refractivity contribution in [3.63, 3.8) is 0 Å². The van der Waals surface area contributed by atoms with Crippen molar-refractivity contribution in [2.45, 2.75) is 13.5 Å². The fourth-order valence-corrected chi connectivity index (χ4v) is 2.47. The molecule has 3 N–H and O–H groups in total. The van der Waals surface area contributed by atoms with E-state index in [1.165, 1.54) is 4.57 Å². The number of hydrogen-bond acceptors (Lipinski definition) is 3. The van der Waals surface area contributed by atoms with Crippen LogP contribution in [0.25, 0.3) is 11.0 Å². The van der Waals surface area contributed by atoms with Gasteiger partial charge < -0.3 is 15.4 Å². The van der Waals surface area contributed by atoms with Gasteiger partial charge in [-0.1, -0.05) is 12.1 Å². The van der Waals surface area contributed by atoms with Crippen molar-refractivity contribution < 1.29 is 9.90 Å². The molecule has 0 aliphatic carbocycles. The number of H-pyrrole nitrogens is 1. The molecule has 1 heterocycles. The molecule has 6 heteroatoms. The molecule has 0 saturated heterocycles. The number of rotatable bonds is 3. The van der Waals surface area contributed by atoms with Crippen molar-refractivity contribution >= 4 is 22.6 Å². The van der Waals surface area contributed by atoms with Crippen LogP contribution >= 0.6 is 0 Å². The summed E-state index contributed by atoms with van der Waals surface area (Å²) in [5.74, 6) is -0.269. The first-order valence-corrected chi connectivity index (χ1v) is 7.20. The minimum absolute atomic E-state index is 0.0830. The van der Waals surface area contributed by atoms with Gasteiger partial charge in [-0.15, -0.1) is 0 Å². The molecule has 0 fully saturated rings. The van der Waals surface area contributed by atoms with Crippen molar-refractivity contribution in [1.82, 2.24) is 9.55 Å². The second-order valence-corrected chi connectivity index (χ2v) is 5.48. The predicted molar refractivity (Wildman–Crippen MR) is 88.6 cm³/mol. The summed E-state index contributed by atoms with van der Waals surface area (Å²) in [5, 5.41) is 12.0. The zero-order valence-electron chi connectivity index (χ0n) is 12.9. The first-order chi connectivity index (χ1) is 11.0. The average molecular weight is 311 g/mol. The summed E-state index contributed by atoms with van der Waals surface area (Å²) in [4.78, 5) is 26.7. The zero-order chi connectivity index (χ0) is 16.6. The van der Waals surface area contributed by atoms with Crippen molar-refractivity contribution in [3.05, 3.63) is 63.6 Å². The van der Waals surface area contributed by atoms with E-state index in [0.29, 0.717) is 16.8 Å². The van der Waals surface area contributed by atoms with E-state index in [9.17, 15) is 14.7 Å². The number of benzene rings is 2. The number of carbonyl (C=O) groups is 1. The molecule has 0 aliphatic rings. The number of carbonyl (C=O) groups excluding carboxylic acids is 1. The fourth-order valence-electron chi connectivity index (χ4n) is 2.47. The lowest BCUT2D eigenvalue weighted by Crippen LogP contribution is -2.13. The van der Waals surface area contributed by atoms with Gasteiger partial charge in [0, 0.05) is 18.3 Å². The van der Waals surface area contributed by atoms with Crippen molar-refractivity contribution in [1.29, 1.82) is 0 Å². The molecule has 0 atom stereocenters. The summed E-state index contributed by atoms with van der Waals surface area (Å²) in [6.07, 6.45) is 0. The largest absolute Gasteiger partial charge is 0.392 e. The summed E-state index contributed by atoms with van der Waals surface area (Å²) >= 11 is 0. The zero-order valence-corrected chi connectivity index (χ0v) is 12.9. The number of nitrogens with one attached hydrogen (secondary N) is 2. The summed E-state index contributed by atoms with van der Waals surface area (Å²) in [6.45, 7) is 1.80. The van der Waals surface area contributed by atoms with Crippen LogP contribution in [0.15, 0.2) is 41.2 Å². The highest BCUT2D eigenvalue weighted by Crippen LogP contribution is 2.19. The van der Waals surface area contributed by atoms with E-state index in [1.807, 2.05) is 19.1 Å². The van der Waals surface area contributed by atoms with Gasteiger partial charge in [-0.2, -0.15) is 0 Å². The first kappa shape index (κ1) is 15.1. The molecular formula is C17H17N3O3. The number of anilines is 1. The van der Waals surface area contributed by atoms with Crippen LogP contribution in [-0.4, -0.2) is 20.6 Å². The lowest BCUT2D eigenvalue weighted by atomic mass is 10.1. The smallest absolute Gasteiger partial charge is 0.326 e. The molecule has 1 aromatic heterocycles. The molecule has 0 radical (unpaired) electrons. The van der Waals surface area contributed by atoms with E-state index in [4.69, 9.17) is 0 Å². The van der Waals surface area contributed by atoms with Gasteiger partial charge in [0.05, 0.1) is 17.6 Å². The number of imidazole rings is 1. The number of hydrogen-bond donors (Lipinski definition) is 3. The van der Waals surface area contributed by atoms with Crippen LogP contribution in [0.4, 0.5) is 5.69 Å². The van der Waals surface area contributed by atoms with Gasteiger partial charge in [-0.05, 0) is 42.3 Å². The second kappa shape index (κ2) is 5.73. The Labute approximate surface area is 132 Å². The molecule has 0 bridgehead atoms. The van der Waals surface area contributed by atoms with Crippen LogP contribution in [0.1, 0.15) is 21.5 Å². The SMILES string of the molecule is Cc1ccc(CO)cc1NC(=O)c1ccc2c(c1)[nH]c(=O)n2C. The minimum atomic E-state index is -0.269. The molecule has 118 valence electrons. The van der Waals surface area contributed by atoms with Gasteiger partial charge in [-0.25, -0.2) is 4.79 Å². The number of amides is 1. The van der Waals surface area contributed by atoms with Crippen LogP contribution in [0.5, 0.6) is 0 Å². The highest BCUT2D eigenvalue weighted by Gasteiger charge is 2.11. The summed E-state index contributed by atoms with van der Waals surface area (Å²) in [5.41, 5.74) is 3.88. The van der Waals surface area contributed by atoms with Crippen LogP contribution in [0.2, 0.25) is 0 Å². The van der Waals surface area contributed by atoms with Crippen molar-refractivity contribution in [2.24, 2.45) is 7.05 Å². The van der Waals surface area contributed by atoms with Gasteiger partial charge in [0.15, 0.2) is 0 Å². The van der Waals surface area contributed by atoms with Gasteiger partial charge in [0.2, 0.25) is 0 Å². The maximum absolute atomic E-state index is 12.4. The fraction of sp³-hybridized carbons (Fsp3) is 0.176. The van der Waals surface area contributed by atoms with E-state index in [2.05, 4.69) is 10.3 Å². The Morgan fingerprint density at radius 2 is 2.04 bits per heavy atom. The van der Waals surface area contributed by atoms with Gasteiger partial charge >= 0.3 is 5.69 Å². The Kier molecular flexibility index (Phi) is 3.75. The Hall–Kier alpha value is -2.86. The summed E-state index contributed by atoms with van der Waals surface area (Å²) in [7, 11) is 1.67. The molecule has 3 aromatic rings. The Balaban J connectivity index is 1.93. The second-order valence-electron chi connectivity index (χ2n) is 5.48. The lowest BCUT2D eigenvalue weighted by molar-refractivity contribution is 0.102. The Morgan fingerprint density at radius 3 is 2.78 bits per heavy atom. The van der Waals surface area contributed by atoms with E-state index in [1.54, 1.807) is 31.3 Å². The topological polar surface area (TPSA) is 87.1 Å². The van der Waals surface area contributed by atoms with Gasteiger partial charge in [0.1, 0.15) is 0 Å². The molecule has 0 saturated carbocycles. The van der Waals surface area contributed by atoms with E-state index < -0.39 is 0 Å². The molecule has 0 spiro atoms. The highest BCUT2D eigenvalue weighted by molar-refractivity contribution is 6.06. The van der Waals surface area contributed by atoms with E-state index >= 15 is 0 Å². The molecule has 2 aromatic carbocycles. The molecule has 0 unspecified atom stereocenters. The third kappa shape index (κ3) is 2.76. The highest BCUT2D eigenvalue weighted by atomic mass is 16.3. The number of nitrogens with zero attached hydrogens (tertiary/aromatic N) is 1. The standard InChI is InChI=1S/C17H17N3O3/c1-10-3-4-11(9-21)7-13(10)18-16(22)12-5-6-15-14(8-12)19-17(23)20(15)2/h3-8,21H,9H2,1-2H3,(H,18,22)(H,19,23). The number of aliphatic hydroxyl groups excluding tert-OH is 1. The maximum Gasteiger partial charge on any atom is 0.326 e. The summed E-state index contributed by atoms with van der Waals surface area (Å²) in [6, 6.07) is 10.5. The number of aliphatic hydroxyl groups is 1. The maximum atomic E-state index is 12.4. The monoisotopic (exact) mass is 311 g/mol. The Bertz CT molecular complexity index is 953. The normalized spacial score (nSPS) is 10.9. The molecule has 0 aliphatic heterocycles. The Morgan fingerprint density at radius 1 is 1.26 bits per heavy atom. The van der Waals surface area contributed by atoms with Gasteiger partial charge in [0.25, 0.3) is 5.91 Å². The third-order valence-corrected chi connectivity index (χ3v) is 3.90. The number of fused-ring (bicyclic) bond motifs is 1. The van der Waals surface area contributed by atoms with Crippen LogP contribution in [0.3, 0.4) is 0 Å². The van der Waals surface area contributed by atoms with Crippen LogP contribution in [-0.2, 0) is 13.7 Å². The molecule has 23 heavy (non-hydrogen) atoms. The molecule has 6 nitrogen and oxygen atoms in total. The van der Waals surface area contributed by atoms with Gasteiger partial charge in [-0.3, -0.25) is 9.36 Å². The first-order valence-electron chi connectivity index (χ1n) is 7.20. The number of aromatic amines is 1. The quantitative estimate of drug-likeness (QED) is 0.690. The average Bonchev–Trinajstić information content (AvgIpc) is 2.83. The van der Waals surface area contributed by atoms with E-state index in [0.717, 1.165) is 16.6 Å². The molecule has 1 amide bonds. The third-order valence-electron chi connectivity index (χ3n) is 3.90. The van der Waals surface area contributed by atoms with E-state index in [-0.39, 0.29) is 18.2 Å². The number of aromatic nitrogens is 2. The molecular weight excluding hydrogens is 294 g/mol. The minimum Gasteiger partial charge on any atom is -0.392 e. The predicted octanol–water partition coefficient (Wildman–Crippen LogP) is 1.92. The molecule has 3 rings (SSSR count). The lowest BCUT2D eigenvalue weighted by Gasteiger charge is -2.10. The van der Waals surface area contributed by atoms with Crippen molar-refractivity contribution in [2.75, 3.05) is 5.32 Å².